The van der Waals surface area contributed by atoms with E-state index in [-0.39, 0.29) is 5.91 Å². The number of nitrogens with one attached hydrogen (secondary N) is 2. The first-order valence-corrected chi connectivity index (χ1v) is 6.53. The molecule has 7 heteroatoms. The van der Waals surface area contributed by atoms with Crippen molar-refractivity contribution in [1.29, 1.82) is 0 Å². The van der Waals surface area contributed by atoms with Crippen LogP contribution in [0.3, 0.4) is 0 Å². The molecule has 0 atom stereocenters. The van der Waals surface area contributed by atoms with Crippen LogP contribution in [-0.4, -0.2) is 26.0 Å². The minimum absolute atomic E-state index is 0.155. The predicted molar refractivity (Wildman–Crippen MR) is 76.2 cm³/mol. The molecule has 0 saturated heterocycles. The maximum Gasteiger partial charge on any atom is 0.277 e. The number of carbonyl (C=O) groups is 1. The van der Waals surface area contributed by atoms with Crippen LogP contribution in [0.5, 0.6) is 0 Å². The first-order valence-electron chi connectivity index (χ1n) is 6.53. The number of hydrogen-bond acceptors (Lipinski definition) is 5. The first kappa shape index (κ1) is 13.3. The largest absolute Gasteiger partial charge is 0.361 e. The number of carbonyl (C=O) groups excluding carboxylic acids is 1. The zero-order chi connectivity index (χ0) is 15.0. The highest BCUT2D eigenvalue weighted by atomic mass is 16.5. The van der Waals surface area contributed by atoms with Crippen LogP contribution < -0.4 is 5.32 Å². The summed E-state index contributed by atoms with van der Waals surface area (Å²) in [4.78, 5) is 23.0. The van der Waals surface area contributed by atoms with Crippen molar-refractivity contribution < 1.29 is 9.32 Å². The van der Waals surface area contributed by atoms with Crippen LogP contribution in [0, 0.1) is 0 Å². The monoisotopic (exact) mass is 285 g/mol. The smallest absolute Gasteiger partial charge is 0.277 e. The van der Waals surface area contributed by atoms with Crippen LogP contribution in [0.4, 0.5) is 0 Å². The van der Waals surface area contributed by atoms with Gasteiger partial charge in [-0.15, -0.1) is 0 Å². The van der Waals surface area contributed by atoms with E-state index in [1.165, 1.54) is 6.92 Å². The van der Waals surface area contributed by atoms with E-state index in [9.17, 15) is 4.79 Å². The van der Waals surface area contributed by atoms with E-state index in [4.69, 9.17) is 4.52 Å². The molecule has 21 heavy (non-hydrogen) atoms. The molecule has 3 aromatic heterocycles. The third-order valence-corrected chi connectivity index (χ3v) is 3.16. The SMILES string of the molecule is CC(=O)NC(C)(C)c1noc(-c2nccc3[nH]ccc23)n1. The second-order valence-electron chi connectivity index (χ2n) is 5.33. The van der Waals surface area contributed by atoms with E-state index in [2.05, 4.69) is 25.4 Å². The lowest BCUT2D eigenvalue weighted by Gasteiger charge is -2.20. The maximum absolute atomic E-state index is 11.2. The van der Waals surface area contributed by atoms with E-state index in [1.54, 1.807) is 6.20 Å². The summed E-state index contributed by atoms with van der Waals surface area (Å²) < 4.78 is 5.31. The van der Waals surface area contributed by atoms with Gasteiger partial charge in [0.15, 0.2) is 5.82 Å². The van der Waals surface area contributed by atoms with Crippen molar-refractivity contribution in [3.05, 3.63) is 30.4 Å². The number of aromatic nitrogens is 4. The summed E-state index contributed by atoms with van der Waals surface area (Å²) in [7, 11) is 0. The third-order valence-electron chi connectivity index (χ3n) is 3.16. The Bertz CT molecular complexity index is 802. The summed E-state index contributed by atoms with van der Waals surface area (Å²) in [5.41, 5.74) is 0.853. The van der Waals surface area contributed by atoms with Gasteiger partial charge in [0.25, 0.3) is 5.89 Å². The minimum atomic E-state index is -0.709. The molecule has 108 valence electrons. The summed E-state index contributed by atoms with van der Waals surface area (Å²) in [5.74, 6) is 0.577. The van der Waals surface area contributed by atoms with Crippen molar-refractivity contribution in [3.8, 4) is 11.6 Å². The van der Waals surface area contributed by atoms with Gasteiger partial charge >= 0.3 is 0 Å². The van der Waals surface area contributed by atoms with Crippen LogP contribution in [-0.2, 0) is 10.3 Å². The molecule has 0 bridgehead atoms. The number of pyridine rings is 1. The van der Waals surface area contributed by atoms with Crippen molar-refractivity contribution in [2.45, 2.75) is 26.3 Å². The van der Waals surface area contributed by atoms with Gasteiger partial charge in [-0.05, 0) is 26.0 Å². The summed E-state index contributed by atoms with van der Waals surface area (Å²) in [6, 6.07) is 3.78. The van der Waals surface area contributed by atoms with Crippen LogP contribution in [0.1, 0.15) is 26.6 Å². The fourth-order valence-corrected chi connectivity index (χ4v) is 2.22. The van der Waals surface area contributed by atoms with Crippen LogP contribution >= 0.6 is 0 Å². The van der Waals surface area contributed by atoms with Gasteiger partial charge in [0.2, 0.25) is 5.91 Å². The average Bonchev–Trinajstić information content (AvgIpc) is 3.06. The standard InChI is InChI=1S/C14H15N5O2/c1-8(20)18-14(2,3)13-17-12(21-19-13)11-9-4-6-15-10(9)5-7-16-11/h4-7,15H,1-3H3,(H,18,20). The highest BCUT2D eigenvalue weighted by molar-refractivity contribution is 5.90. The molecule has 0 radical (unpaired) electrons. The van der Waals surface area contributed by atoms with Crippen molar-refractivity contribution >= 4 is 16.8 Å². The summed E-state index contributed by atoms with van der Waals surface area (Å²) >= 11 is 0. The Kier molecular flexibility index (Phi) is 2.97. The summed E-state index contributed by atoms with van der Waals surface area (Å²) in [5, 5.41) is 7.65. The van der Waals surface area contributed by atoms with Gasteiger partial charge in [-0.1, -0.05) is 5.16 Å². The topological polar surface area (TPSA) is 96.7 Å². The molecule has 1 amide bonds. The number of amides is 1. The minimum Gasteiger partial charge on any atom is -0.361 e. The average molecular weight is 285 g/mol. The lowest BCUT2D eigenvalue weighted by atomic mass is 10.1. The van der Waals surface area contributed by atoms with Crippen molar-refractivity contribution in [1.82, 2.24) is 25.4 Å². The van der Waals surface area contributed by atoms with Gasteiger partial charge in [-0.25, -0.2) is 0 Å². The second-order valence-corrected chi connectivity index (χ2v) is 5.33. The van der Waals surface area contributed by atoms with Crippen molar-refractivity contribution in [2.75, 3.05) is 0 Å². The molecule has 0 unspecified atom stereocenters. The molecule has 3 heterocycles. The maximum atomic E-state index is 11.2. The number of fused-ring (bicyclic) bond motifs is 1. The number of nitrogens with zero attached hydrogens (tertiary/aromatic N) is 3. The van der Waals surface area contributed by atoms with Crippen molar-refractivity contribution in [2.24, 2.45) is 0 Å². The van der Waals surface area contributed by atoms with E-state index in [0.717, 1.165) is 10.9 Å². The highest BCUT2D eigenvalue weighted by Crippen LogP contribution is 2.26. The number of rotatable bonds is 3. The van der Waals surface area contributed by atoms with E-state index < -0.39 is 5.54 Å². The number of H-pyrrole nitrogens is 1. The van der Waals surface area contributed by atoms with E-state index >= 15 is 0 Å². The molecule has 0 aromatic carbocycles. The van der Waals surface area contributed by atoms with Gasteiger partial charge in [-0.3, -0.25) is 9.78 Å². The Morgan fingerprint density at radius 2 is 2.19 bits per heavy atom. The molecular weight excluding hydrogens is 270 g/mol. The second kappa shape index (κ2) is 4.69. The Morgan fingerprint density at radius 3 is 2.95 bits per heavy atom. The van der Waals surface area contributed by atoms with Crippen LogP contribution in [0.2, 0.25) is 0 Å². The zero-order valence-electron chi connectivity index (χ0n) is 12.0. The Labute approximate surface area is 120 Å². The fourth-order valence-electron chi connectivity index (χ4n) is 2.22. The lowest BCUT2D eigenvalue weighted by molar-refractivity contribution is -0.120. The quantitative estimate of drug-likeness (QED) is 0.767. The molecule has 7 nitrogen and oxygen atoms in total. The molecule has 0 spiro atoms. The normalized spacial score (nSPS) is 11.8. The molecule has 2 N–H and O–H groups in total. The van der Waals surface area contributed by atoms with Gasteiger partial charge < -0.3 is 14.8 Å². The molecular formula is C14H15N5O2. The summed E-state index contributed by atoms with van der Waals surface area (Å²) in [6.45, 7) is 5.07. The Morgan fingerprint density at radius 1 is 1.38 bits per heavy atom. The van der Waals surface area contributed by atoms with E-state index in [1.807, 2.05) is 32.2 Å². The molecule has 0 aliphatic carbocycles. The molecule has 0 saturated carbocycles. The van der Waals surface area contributed by atoms with Crippen LogP contribution in [0.15, 0.2) is 29.0 Å². The molecule has 0 fully saturated rings. The molecule has 0 aliphatic rings. The number of hydrogen-bond donors (Lipinski definition) is 2. The molecule has 3 rings (SSSR count). The van der Waals surface area contributed by atoms with Crippen LogP contribution in [0.25, 0.3) is 22.5 Å². The van der Waals surface area contributed by atoms with Gasteiger partial charge in [0.05, 0.1) is 5.54 Å². The lowest BCUT2D eigenvalue weighted by Crippen LogP contribution is -2.40. The first-order chi connectivity index (χ1) is 9.97. The fraction of sp³-hybridized carbons (Fsp3) is 0.286. The zero-order valence-corrected chi connectivity index (χ0v) is 12.0. The molecule has 0 aliphatic heterocycles. The summed E-state index contributed by atoms with van der Waals surface area (Å²) in [6.07, 6.45) is 3.51. The van der Waals surface area contributed by atoms with Gasteiger partial charge in [-0.2, -0.15) is 4.98 Å². The van der Waals surface area contributed by atoms with Crippen molar-refractivity contribution in [3.63, 3.8) is 0 Å². The Hall–Kier alpha value is -2.70. The Balaban J connectivity index is 2.02. The van der Waals surface area contributed by atoms with E-state index in [0.29, 0.717) is 17.4 Å². The molecule has 3 aromatic rings. The number of aromatic amines is 1. The predicted octanol–water partition coefficient (Wildman–Crippen LogP) is 1.98. The highest BCUT2D eigenvalue weighted by Gasteiger charge is 2.28. The van der Waals surface area contributed by atoms with Gasteiger partial charge in [0, 0.05) is 30.2 Å². The third kappa shape index (κ3) is 2.37. The van der Waals surface area contributed by atoms with Gasteiger partial charge in [0.1, 0.15) is 5.69 Å².